The molecule has 0 spiro atoms. The molecule has 0 N–H and O–H groups in total. The molecule has 0 amide bonds. The first-order valence-corrected chi connectivity index (χ1v) is 42.1. The molecular formula is C78H140Br2O8S2. The number of hydrogen-bond donors (Lipinski definition) is 0. The van der Waals surface area contributed by atoms with Crippen molar-refractivity contribution in [3.05, 3.63) is 7.57 Å². The minimum absolute atomic E-state index is 0.239. The molecule has 2 aliphatic heterocycles. The second-order valence-corrected chi connectivity index (χ2v) is 32.7. The van der Waals surface area contributed by atoms with Gasteiger partial charge in [0, 0.05) is 0 Å². The zero-order valence-corrected chi connectivity index (χ0v) is 64.6. The fraction of sp³-hybridized carbons (Fsp3) is 0.897. The molecule has 4 atom stereocenters. The van der Waals surface area contributed by atoms with Crippen LogP contribution in [0, 0.1) is 23.7 Å². The first-order valence-electron chi connectivity index (χ1n) is 38.9. The maximum Gasteiger partial charge on any atom is 0.238 e. The predicted octanol–water partition coefficient (Wildman–Crippen LogP) is 27.4. The van der Waals surface area contributed by atoms with Gasteiger partial charge in [-0.1, -0.05) is 312 Å². The summed E-state index contributed by atoms with van der Waals surface area (Å²) in [7, 11) is 0. The van der Waals surface area contributed by atoms with E-state index in [1.165, 1.54) is 308 Å². The summed E-state index contributed by atoms with van der Waals surface area (Å²) in [5.41, 5.74) is 0. The van der Waals surface area contributed by atoms with E-state index < -0.39 is 11.6 Å². The average Bonchev–Trinajstić information content (AvgIpc) is 1.78. The molecule has 4 rings (SSSR count). The summed E-state index contributed by atoms with van der Waals surface area (Å²) in [4.78, 5) is 1.90. The van der Waals surface area contributed by atoms with E-state index in [1.54, 1.807) is 22.7 Å². The van der Waals surface area contributed by atoms with Crippen LogP contribution in [0.2, 0.25) is 0 Å². The Hall–Kier alpha value is -0.600. The van der Waals surface area contributed by atoms with Gasteiger partial charge in [0.05, 0.1) is 36.2 Å². The maximum atomic E-state index is 7.31. The van der Waals surface area contributed by atoms with Crippen molar-refractivity contribution in [3.63, 3.8) is 0 Å². The van der Waals surface area contributed by atoms with Gasteiger partial charge in [0.25, 0.3) is 0 Å². The van der Waals surface area contributed by atoms with E-state index in [2.05, 4.69) is 87.2 Å². The Kier molecular flexibility index (Phi) is 47.7. The molecule has 90 heavy (non-hydrogen) atoms. The highest BCUT2D eigenvalue weighted by atomic mass is 79.9. The zero-order valence-electron chi connectivity index (χ0n) is 59.7. The first kappa shape index (κ1) is 81.8. The Morgan fingerprint density at radius 2 is 0.456 bits per heavy atom. The molecule has 0 saturated carbocycles. The lowest BCUT2D eigenvalue weighted by Gasteiger charge is -2.34. The molecule has 526 valence electrons. The quantitative estimate of drug-likeness (QED) is 0.0479. The number of unbranched alkanes of at least 4 members (excludes halogenated alkanes) is 32. The van der Waals surface area contributed by atoms with Gasteiger partial charge in [-0.3, -0.25) is 0 Å². The summed E-state index contributed by atoms with van der Waals surface area (Å²) in [6, 6.07) is 0. The smallest absolute Gasteiger partial charge is 0.238 e. The van der Waals surface area contributed by atoms with Crippen molar-refractivity contribution in [1.29, 1.82) is 0 Å². The molecule has 4 heterocycles. The first-order chi connectivity index (χ1) is 44.1. The van der Waals surface area contributed by atoms with Gasteiger partial charge >= 0.3 is 0 Å². The molecule has 0 bridgehead atoms. The van der Waals surface area contributed by atoms with Crippen molar-refractivity contribution in [3.8, 4) is 32.8 Å². The van der Waals surface area contributed by atoms with E-state index in [4.69, 9.17) is 37.9 Å². The highest BCUT2D eigenvalue weighted by Gasteiger charge is 2.44. The van der Waals surface area contributed by atoms with E-state index in [-0.39, 0.29) is 26.4 Å². The molecule has 8 nitrogen and oxygen atoms in total. The number of ether oxygens (including phenoxy) is 8. The van der Waals surface area contributed by atoms with Crippen LogP contribution in [0.1, 0.15) is 364 Å². The fourth-order valence-electron chi connectivity index (χ4n) is 13.4. The van der Waals surface area contributed by atoms with Crippen LogP contribution < -0.4 is 18.9 Å². The highest BCUT2D eigenvalue weighted by molar-refractivity contribution is 9.11. The number of thiophene rings is 2. The van der Waals surface area contributed by atoms with E-state index in [0.29, 0.717) is 73.1 Å². The third-order valence-electron chi connectivity index (χ3n) is 19.6. The minimum atomic E-state index is -1.06. The Morgan fingerprint density at radius 3 is 0.667 bits per heavy atom. The Labute approximate surface area is 580 Å². The van der Waals surface area contributed by atoms with Gasteiger partial charge in [-0.2, -0.15) is 0 Å². The molecule has 2 aliphatic rings. The highest BCUT2D eigenvalue weighted by Crippen LogP contribution is 2.60. The summed E-state index contributed by atoms with van der Waals surface area (Å²) in [6.45, 7) is 22.1. The van der Waals surface area contributed by atoms with Crippen LogP contribution in [0.5, 0.6) is 23.0 Å². The third-order valence-corrected chi connectivity index (χ3v) is 23.3. The molecule has 2 aromatic heterocycles. The van der Waals surface area contributed by atoms with Gasteiger partial charge in [0.1, 0.15) is 34.0 Å². The van der Waals surface area contributed by atoms with Crippen molar-refractivity contribution in [2.75, 3.05) is 52.9 Å². The Bertz CT molecular complexity index is 1780. The second kappa shape index (κ2) is 52.5. The van der Waals surface area contributed by atoms with Gasteiger partial charge in [-0.05, 0) is 107 Å². The van der Waals surface area contributed by atoms with Crippen molar-refractivity contribution in [1.82, 2.24) is 0 Å². The van der Waals surface area contributed by atoms with Gasteiger partial charge < -0.3 is 37.9 Å². The number of fused-ring (bicyclic) bond motifs is 2. The van der Waals surface area contributed by atoms with Crippen LogP contribution in [0.3, 0.4) is 0 Å². The van der Waals surface area contributed by atoms with Crippen molar-refractivity contribution >= 4 is 54.5 Å². The third kappa shape index (κ3) is 33.6. The largest absolute Gasteiger partial charge is 0.482 e. The molecule has 2 aromatic rings. The van der Waals surface area contributed by atoms with Gasteiger partial charge in [-0.25, -0.2) is 0 Å². The molecule has 0 fully saturated rings. The molecule has 0 saturated heterocycles. The van der Waals surface area contributed by atoms with Crippen LogP contribution in [0.15, 0.2) is 7.57 Å². The fourth-order valence-corrected chi connectivity index (χ4v) is 16.9. The monoisotopic (exact) mass is 1430 g/mol. The van der Waals surface area contributed by atoms with Crippen LogP contribution in [0.25, 0.3) is 9.75 Å². The maximum absolute atomic E-state index is 7.31. The van der Waals surface area contributed by atoms with Crippen molar-refractivity contribution in [2.24, 2.45) is 23.7 Å². The van der Waals surface area contributed by atoms with Gasteiger partial charge in [0.2, 0.25) is 11.6 Å². The summed E-state index contributed by atoms with van der Waals surface area (Å²) >= 11 is 11.3. The van der Waals surface area contributed by atoms with E-state index >= 15 is 0 Å². The minimum Gasteiger partial charge on any atom is -0.482 e. The molecule has 0 aromatic carbocycles. The Balaban J connectivity index is 1.68. The second-order valence-electron chi connectivity index (χ2n) is 28.0. The standard InChI is InChI=1S/C78H140Br2O8S2/c1-9-17-25-33-37-45-53-65(49-41-29-21-13-5)57-85-77(86-58-66(50-42-30-22-14-6)54-46-38-34-26-18-10-2)61-81-69-71(83-63-77)75(79)89-73(69)74-70-72(76(80)90-74)84-64-78(62-82-70,87-59-67(51-43-31-23-15-7)55-47-39-35-27-19-11-3)88-60-68(52-44-32-24-16-8)56-48-40-36-28-20-12-4/h65-68H,9-64H2,1-8H3. The van der Waals surface area contributed by atoms with E-state index in [1.807, 2.05) is 0 Å². The molecule has 0 radical (unpaired) electrons. The van der Waals surface area contributed by atoms with E-state index in [9.17, 15) is 0 Å². The molecular weight excluding hydrogens is 1290 g/mol. The van der Waals surface area contributed by atoms with Gasteiger partial charge in [0.15, 0.2) is 23.0 Å². The normalized spacial score (nSPS) is 18.0. The Morgan fingerprint density at radius 1 is 0.278 bits per heavy atom. The average molecular weight is 1430 g/mol. The van der Waals surface area contributed by atoms with Crippen LogP contribution in [-0.4, -0.2) is 64.4 Å². The molecule has 12 heteroatoms. The van der Waals surface area contributed by atoms with Crippen LogP contribution in [-0.2, 0) is 18.9 Å². The lowest BCUT2D eigenvalue weighted by Crippen LogP contribution is -2.48. The lowest BCUT2D eigenvalue weighted by atomic mass is 9.94. The van der Waals surface area contributed by atoms with Crippen molar-refractivity contribution < 1.29 is 37.9 Å². The summed E-state index contributed by atoms with van der Waals surface area (Å²) in [5, 5.41) is 0. The van der Waals surface area contributed by atoms with Gasteiger partial charge in [-0.15, -0.1) is 22.7 Å². The van der Waals surface area contributed by atoms with Crippen LogP contribution in [0.4, 0.5) is 0 Å². The lowest BCUT2D eigenvalue weighted by molar-refractivity contribution is -0.269. The molecule has 0 aliphatic carbocycles. The zero-order chi connectivity index (χ0) is 64.6. The summed E-state index contributed by atoms with van der Waals surface area (Å²) in [5.74, 6) is 2.54. The predicted molar refractivity (Wildman–Crippen MR) is 395 cm³/mol. The van der Waals surface area contributed by atoms with E-state index in [0.717, 1.165) is 17.3 Å². The molecule has 4 unspecified atom stereocenters. The van der Waals surface area contributed by atoms with Crippen LogP contribution >= 0.6 is 54.5 Å². The summed E-state index contributed by atoms with van der Waals surface area (Å²) in [6.07, 6.45) is 61.0. The number of hydrogen-bond acceptors (Lipinski definition) is 10. The topological polar surface area (TPSA) is 73.8 Å². The summed E-state index contributed by atoms with van der Waals surface area (Å²) < 4.78 is 59.5. The number of rotatable bonds is 61. The van der Waals surface area contributed by atoms with Crippen molar-refractivity contribution in [2.45, 2.75) is 375 Å². The SMILES string of the molecule is CCCCCCCCC(CCCCCC)COC1(OCC(CCCCCC)CCCCCCCC)COc2c(Br)sc(-c3sc(Br)c4c3OCC(OCC(CCCCCC)CCCCCCCC)(OCC(CCCCCC)CCCCCCCC)CO4)c2OC1. The number of halogens is 2.